The minimum atomic E-state index is -0.156. The van der Waals surface area contributed by atoms with Crippen LogP contribution in [0.5, 0.6) is 5.75 Å². The first-order valence-electron chi connectivity index (χ1n) is 6.34. The molecule has 0 fully saturated rings. The van der Waals surface area contributed by atoms with Gasteiger partial charge < -0.3 is 10.5 Å². The van der Waals surface area contributed by atoms with Crippen LogP contribution in [0.3, 0.4) is 0 Å². The van der Waals surface area contributed by atoms with E-state index in [4.69, 9.17) is 22.1 Å². The summed E-state index contributed by atoms with van der Waals surface area (Å²) in [6.45, 7) is 0.428. The van der Waals surface area contributed by atoms with Gasteiger partial charge >= 0.3 is 0 Å². The topological polar surface area (TPSA) is 35.2 Å². The van der Waals surface area contributed by atoms with E-state index in [0.717, 1.165) is 11.3 Å². The summed E-state index contributed by atoms with van der Waals surface area (Å²) in [5.74, 6) is 0.742. The van der Waals surface area contributed by atoms with Crippen molar-refractivity contribution in [2.75, 3.05) is 6.61 Å². The van der Waals surface area contributed by atoms with Gasteiger partial charge in [-0.25, -0.2) is 0 Å². The molecule has 102 valence electrons. The average molecular weight is 304 g/mol. The van der Waals surface area contributed by atoms with Gasteiger partial charge in [0.05, 0.1) is 6.04 Å². The highest BCUT2D eigenvalue weighted by Gasteiger charge is 2.11. The summed E-state index contributed by atoms with van der Waals surface area (Å²) >= 11 is 7.64. The Hall–Kier alpha value is -1.55. The van der Waals surface area contributed by atoms with E-state index in [9.17, 15) is 0 Å². The van der Waals surface area contributed by atoms with Crippen molar-refractivity contribution in [3.05, 3.63) is 64.5 Å². The summed E-state index contributed by atoms with van der Waals surface area (Å²) in [4.78, 5) is 0. The van der Waals surface area contributed by atoms with Crippen LogP contribution < -0.4 is 10.5 Å². The van der Waals surface area contributed by atoms with Crippen LogP contribution in [0.25, 0.3) is 10.1 Å². The Bertz CT molecular complexity index is 725. The van der Waals surface area contributed by atoms with Crippen molar-refractivity contribution in [1.29, 1.82) is 0 Å². The zero-order valence-electron chi connectivity index (χ0n) is 10.8. The molecule has 0 amide bonds. The van der Waals surface area contributed by atoms with Crippen LogP contribution in [0.2, 0.25) is 5.02 Å². The van der Waals surface area contributed by atoms with Crippen molar-refractivity contribution < 1.29 is 4.74 Å². The molecule has 0 saturated carbocycles. The second-order valence-corrected chi connectivity index (χ2v) is 5.91. The van der Waals surface area contributed by atoms with Crippen molar-refractivity contribution in [3.63, 3.8) is 0 Å². The molecular formula is C16H14ClNOS. The Labute approximate surface area is 126 Å². The van der Waals surface area contributed by atoms with Gasteiger partial charge in [-0.1, -0.05) is 35.9 Å². The Morgan fingerprint density at radius 2 is 2.00 bits per heavy atom. The first-order chi connectivity index (χ1) is 9.74. The second-order valence-electron chi connectivity index (χ2n) is 4.56. The van der Waals surface area contributed by atoms with Crippen molar-refractivity contribution in [2.24, 2.45) is 5.73 Å². The van der Waals surface area contributed by atoms with Crippen molar-refractivity contribution in [2.45, 2.75) is 6.04 Å². The molecule has 2 N–H and O–H groups in total. The Morgan fingerprint density at radius 1 is 1.15 bits per heavy atom. The van der Waals surface area contributed by atoms with Gasteiger partial charge in [-0.05, 0) is 40.6 Å². The van der Waals surface area contributed by atoms with Gasteiger partial charge in [-0.3, -0.25) is 0 Å². The third-order valence-corrected chi connectivity index (χ3v) is 4.35. The van der Waals surface area contributed by atoms with Gasteiger partial charge in [0.2, 0.25) is 0 Å². The molecule has 0 aliphatic rings. The van der Waals surface area contributed by atoms with E-state index in [2.05, 4.69) is 23.6 Å². The molecule has 1 aromatic heterocycles. The normalized spacial score (nSPS) is 12.5. The lowest BCUT2D eigenvalue weighted by Gasteiger charge is -2.14. The minimum absolute atomic E-state index is 0.156. The Balaban J connectivity index is 1.76. The van der Waals surface area contributed by atoms with E-state index in [-0.39, 0.29) is 6.04 Å². The predicted octanol–water partition coefficient (Wildman–Crippen LogP) is 4.63. The van der Waals surface area contributed by atoms with Crippen molar-refractivity contribution >= 4 is 33.0 Å². The van der Waals surface area contributed by atoms with Gasteiger partial charge in [-0.2, -0.15) is 0 Å². The number of hydrogen-bond acceptors (Lipinski definition) is 3. The molecular weight excluding hydrogens is 290 g/mol. The standard InChI is InChI=1S/C16H14ClNOS/c17-12-4-2-5-13(9-12)19-10-15(18)14-6-1-3-11-7-8-20-16(11)14/h1-9,15H,10,18H2. The van der Waals surface area contributed by atoms with Crippen LogP contribution in [0.15, 0.2) is 53.9 Å². The fourth-order valence-corrected chi connectivity index (χ4v) is 3.30. The van der Waals surface area contributed by atoms with E-state index in [1.807, 2.05) is 24.3 Å². The van der Waals surface area contributed by atoms with Crippen LogP contribution in [0.1, 0.15) is 11.6 Å². The molecule has 2 aromatic carbocycles. The monoisotopic (exact) mass is 303 g/mol. The quantitative estimate of drug-likeness (QED) is 0.762. The van der Waals surface area contributed by atoms with Crippen LogP contribution in [-0.4, -0.2) is 6.61 Å². The predicted molar refractivity (Wildman–Crippen MR) is 85.7 cm³/mol. The number of benzene rings is 2. The third kappa shape index (κ3) is 2.80. The molecule has 0 aliphatic carbocycles. The average Bonchev–Trinajstić information content (AvgIpc) is 2.93. The molecule has 1 atom stereocenters. The lowest BCUT2D eigenvalue weighted by Crippen LogP contribution is -2.19. The molecule has 3 aromatic rings. The van der Waals surface area contributed by atoms with Crippen LogP contribution in [-0.2, 0) is 0 Å². The molecule has 20 heavy (non-hydrogen) atoms. The smallest absolute Gasteiger partial charge is 0.120 e. The molecule has 1 unspecified atom stereocenters. The highest BCUT2D eigenvalue weighted by atomic mass is 35.5. The number of thiophene rings is 1. The first-order valence-corrected chi connectivity index (χ1v) is 7.60. The van der Waals surface area contributed by atoms with Crippen LogP contribution in [0, 0.1) is 0 Å². The van der Waals surface area contributed by atoms with Gasteiger partial charge in [0, 0.05) is 9.72 Å². The lowest BCUT2D eigenvalue weighted by atomic mass is 10.1. The summed E-state index contributed by atoms with van der Waals surface area (Å²) < 4.78 is 6.95. The minimum Gasteiger partial charge on any atom is -0.492 e. The number of ether oxygens (including phenoxy) is 1. The molecule has 0 aliphatic heterocycles. The molecule has 1 heterocycles. The number of rotatable bonds is 4. The Morgan fingerprint density at radius 3 is 2.85 bits per heavy atom. The van der Waals surface area contributed by atoms with E-state index >= 15 is 0 Å². The fraction of sp³-hybridized carbons (Fsp3) is 0.125. The second kappa shape index (κ2) is 5.83. The maximum absolute atomic E-state index is 6.25. The van der Waals surface area contributed by atoms with E-state index in [1.165, 1.54) is 10.1 Å². The van der Waals surface area contributed by atoms with Gasteiger partial charge in [-0.15, -0.1) is 11.3 Å². The number of fused-ring (bicyclic) bond motifs is 1. The highest BCUT2D eigenvalue weighted by Crippen LogP contribution is 2.28. The summed E-state index contributed by atoms with van der Waals surface area (Å²) in [6, 6.07) is 15.5. The molecule has 0 radical (unpaired) electrons. The van der Waals surface area contributed by atoms with Crippen molar-refractivity contribution in [3.8, 4) is 5.75 Å². The molecule has 0 spiro atoms. The molecule has 4 heteroatoms. The molecule has 3 rings (SSSR count). The highest BCUT2D eigenvalue weighted by molar-refractivity contribution is 7.17. The summed E-state index contributed by atoms with van der Waals surface area (Å²) in [5, 5.41) is 3.97. The van der Waals surface area contributed by atoms with Crippen LogP contribution >= 0.6 is 22.9 Å². The first kappa shape index (κ1) is 13.4. The summed E-state index contributed by atoms with van der Waals surface area (Å²) in [6.07, 6.45) is 0. The number of hydrogen-bond donors (Lipinski definition) is 1. The summed E-state index contributed by atoms with van der Waals surface area (Å²) in [7, 11) is 0. The largest absolute Gasteiger partial charge is 0.492 e. The van der Waals surface area contributed by atoms with E-state index in [0.29, 0.717) is 11.6 Å². The van der Waals surface area contributed by atoms with E-state index in [1.54, 1.807) is 17.4 Å². The fourth-order valence-electron chi connectivity index (χ4n) is 2.14. The van der Waals surface area contributed by atoms with Gasteiger partial charge in [0.15, 0.2) is 0 Å². The molecule has 0 saturated heterocycles. The zero-order valence-corrected chi connectivity index (χ0v) is 12.3. The zero-order chi connectivity index (χ0) is 13.9. The van der Waals surface area contributed by atoms with Crippen molar-refractivity contribution in [1.82, 2.24) is 0 Å². The number of nitrogens with two attached hydrogens (primary N) is 1. The maximum atomic E-state index is 6.25. The summed E-state index contributed by atoms with van der Waals surface area (Å²) in [5.41, 5.74) is 7.38. The Kier molecular flexibility index (Phi) is 3.92. The third-order valence-electron chi connectivity index (χ3n) is 3.13. The SMILES string of the molecule is NC(COc1cccc(Cl)c1)c1cccc2ccsc12. The van der Waals surface area contributed by atoms with Crippen LogP contribution in [0.4, 0.5) is 0 Å². The number of halogens is 1. The molecule has 2 nitrogen and oxygen atoms in total. The lowest BCUT2D eigenvalue weighted by molar-refractivity contribution is 0.291. The van der Waals surface area contributed by atoms with Gasteiger partial charge in [0.25, 0.3) is 0 Å². The van der Waals surface area contributed by atoms with E-state index < -0.39 is 0 Å². The van der Waals surface area contributed by atoms with Gasteiger partial charge in [0.1, 0.15) is 12.4 Å². The maximum Gasteiger partial charge on any atom is 0.120 e. The molecule has 0 bridgehead atoms.